The molecule has 0 N–H and O–H groups in total. The van der Waals surface area contributed by atoms with Crippen LogP contribution in [0.4, 0.5) is 5.69 Å². The molecule has 1 aliphatic heterocycles. The Morgan fingerprint density at radius 2 is 1.81 bits per heavy atom. The molecule has 0 amide bonds. The van der Waals surface area contributed by atoms with Crippen molar-refractivity contribution in [3.8, 4) is 0 Å². The monoisotopic (exact) mass is 259 g/mol. The van der Waals surface area contributed by atoms with Crippen molar-refractivity contribution in [1.82, 2.24) is 4.65 Å². The molecule has 2 rings (SSSR count). The lowest BCUT2D eigenvalue weighted by atomic mass is 10.2. The van der Waals surface area contributed by atoms with Crippen LogP contribution in [-0.2, 0) is 9.84 Å². The Kier molecular flexibility index (Phi) is 2.58. The van der Waals surface area contributed by atoms with Gasteiger partial charge in [-0.15, -0.1) is 0 Å². The third-order valence-electron chi connectivity index (χ3n) is 2.44. The molecule has 0 aliphatic carbocycles. The maximum absolute atomic E-state index is 12.0. The molecule has 4 nitrogen and oxygen atoms in total. The van der Waals surface area contributed by atoms with Crippen molar-refractivity contribution in [1.29, 1.82) is 0 Å². The summed E-state index contributed by atoms with van der Waals surface area (Å²) in [6, 6.07) is 5.90. The molecule has 86 valence electrons. The lowest BCUT2D eigenvalue weighted by Gasteiger charge is -2.43. The molecule has 1 aromatic rings. The average Bonchev–Trinajstić information content (AvgIpc) is 2.14. The smallest absolute Gasteiger partial charge is 0.175 e. The number of benzene rings is 1. The van der Waals surface area contributed by atoms with Gasteiger partial charge < -0.3 is 5.21 Å². The van der Waals surface area contributed by atoms with Gasteiger partial charge >= 0.3 is 0 Å². The highest BCUT2D eigenvalue weighted by molar-refractivity contribution is 7.90. The third kappa shape index (κ3) is 1.99. The summed E-state index contributed by atoms with van der Waals surface area (Å²) in [4.78, 5) is 0.207. The van der Waals surface area contributed by atoms with E-state index in [1.807, 2.05) is 0 Å². The summed E-state index contributed by atoms with van der Waals surface area (Å²) in [5.41, 5.74) is 0.483. The lowest BCUT2D eigenvalue weighted by molar-refractivity contribution is 0.487. The second-order valence-corrected chi connectivity index (χ2v) is 6.30. The lowest BCUT2D eigenvalue weighted by Crippen LogP contribution is -2.45. The minimum absolute atomic E-state index is 0.207. The summed E-state index contributed by atoms with van der Waals surface area (Å²) in [6.07, 6.45) is 2.51. The fourth-order valence-electron chi connectivity index (χ4n) is 1.54. The average molecular weight is 260 g/mol. The number of halogens is 1. The summed E-state index contributed by atoms with van der Waals surface area (Å²) in [6.45, 7) is 0.208. The summed E-state index contributed by atoms with van der Waals surface area (Å²) in [5.74, 6) is 0. The number of hydrogen-bond acceptors (Lipinski definition) is 3. The van der Waals surface area contributed by atoms with Gasteiger partial charge in [-0.3, -0.25) is 4.65 Å². The normalized spacial score (nSPS) is 24.8. The first-order valence-electron chi connectivity index (χ1n) is 4.58. The fraction of sp³-hybridized carbons (Fsp3) is 0.200. The van der Waals surface area contributed by atoms with Gasteiger partial charge in [0.05, 0.1) is 4.90 Å². The standard InChI is InChI=1S/C10H10ClNO3S/c1-16(14,15)10-4-2-9(3-5-10)12(13)6-8(11)7-12/h2-6H,7H2,1H3. The topological polar surface area (TPSA) is 57.2 Å². The largest absolute Gasteiger partial charge is 0.622 e. The number of hydroxylamine groups is 2. The second-order valence-electron chi connectivity index (χ2n) is 3.80. The van der Waals surface area contributed by atoms with E-state index >= 15 is 0 Å². The van der Waals surface area contributed by atoms with Gasteiger partial charge in [0.1, 0.15) is 23.5 Å². The molecule has 1 heterocycles. The Morgan fingerprint density at radius 1 is 1.31 bits per heavy atom. The van der Waals surface area contributed by atoms with Crippen LogP contribution in [0.5, 0.6) is 0 Å². The van der Waals surface area contributed by atoms with Crippen molar-refractivity contribution in [3.05, 3.63) is 40.7 Å². The van der Waals surface area contributed by atoms with Crippen molar-refractivity contribution < 1.29 is 8.42 Å². The van der Waals surface area contributed by atoms with E-state index in [1.54, 1.807) is 0 Å². The van der Waals surface area contributed by atoms with Crippen LogP contribution in [0.2, 0.25) is 0 Å². The Bertz CT molecular complexity index is 550. The van der Waals surface area contributed by atoms with Crippen LogP contribution in [0.3, 0.4) is 0 Å². The number of rotatable bonds is 2. The molecule has 16 heavy (non-hydrogen) atoms. The molecule has 1 aromatic carbocycles. The van der Waals surface area contributed by atoms with Gasteiger partial charge in [0.15, 0.2) is 9.84 Å². The van der Waals surface area contributed by atoms with Gasteiger partial charge in [0.25, 0.3) is 0 Å². The number of nitrogens with zero attached hydrogens (tertiary/aromatic N) is 1. The number of hydrogen-bond donors (Lipinski definition) is 0. The van der Waals surface area contributed by atoms with E-state index in [0.29, 0.717) is 10.7 Å². The Labute approximate surface area is 98.8 Å². The molecule has 0 aromatic heterocycles. The number of sulfone groups is 1. The van der Waals surface area contributed by atoms with Crippen LogP contribution in [0, 0.1) is 5.21 Å². The Balaban J connectivity index is 2.35. The zero-order valence-corrected chi connectivity index (χ0v) is 10.1. The van der Waals surface area contributed by atoms with Crippen LogP contribution < -0.4 is 4.65 Å². The van der Waals surface area contributed by atoms with E-state index in [1.165, 1.54) is 30.5 Å². The highest BCUT2D eigenvalue weighted by atomic mass is 35.5. The maximum Gasteiger partial charge on any atom is 0.175 e. The van der Waals surface area contributed by atoms with E-state index in [4.69, 9.17) is 11.6 Å². The predicted octanol–water partition coefficient (Wildman–Crippen LogP) is 1.99. The summed E-state index contributed by atoms with van der Waals surface area (Å²) in [7, 11) is -3.22. The maximum atomic E-state index is 12.0. The van der Waals surface area contributed by atoms with Crippen molar-refractivity contribution in [2.45, 2.75) is 4.90 Å². The van der Waals surface area contributed by atoms with Crippen molar-refractivity contribution in [3.63, 3.8) is 0 Å². The molecule has 0 saturated carbocycles. The van der Waals surface area contributed by atoms with Crippen LogP contribution in [0.1, 0.15) is 0 Å². The fourth-order valence-corrected chi connectivity index (χ4v) is 2.50. The van der Waals surface area contributed by atoms with Gasteiger partial charge in [-0.2, -0.15) is 0 Å². The van der Waals surface area contributed by atoms with E-state index in [9.17, 15) is 13.6 Å². The molecule has 1 aliphatic rings. The summed E-state index contributed by atoms with van der Waals surface area (Å²) < 4.78 is 21.8. The molecule has 0 radical (unpaired) electrons. The van der Waals surface area contributed by atoms with Crippen LogP contribution in [-0.4, -0.2) is 21.2 Å². The van der Waals surface area contributed by atoms with Crippen molar-refractivity contribution >= 4 is 27.1 Å². The molecule has 1 atom stereocenters. The second kappa shape index (κ2) is 3.56. The first kappa shape index (κ1) is 11.6. The predicted molar refractivity (Wildman–Crippen MR) is 63.5 cm³/mol. The van der Waals surface area contributed by atoms with Crippen LogP contribution in [0.25, 0.3) is 0 Å². The van der Waals surface area contributed by atoms with Crippen molar-refractivity contribution in [2.24, 2.45) is 0 Å². The van der Waals surface area contributed by atoms with Gasteiger partial charge in [0, 0.05) is 18.4 Å². The van der Waals surface area contributed by atoms with E-state index in [-0.39, 0.29) is 11.4 Å². The zero-order chi connectivity index (χ0) is 12.0. The van der Waals surface area contributed by atoms with Crippen molar-refractivity contribution in [2.75, 3.05) is 12.8 Å². The van der Waals surface area contributed by atoms with Gasteiger partial charge in [-0.05, 0) is 12.1 Å². The Morgan fingerprint density at radius 3 is 2.19 bits per heavy atom. The molecule has 0 saturated heterocycles. The van der Waals surface area contributed by atoms with Crippen LogP contribution in [0.15, 0.2) is 40.4 Å². The molecule has 1 unspecified atom stereocenters. The van der Waals surface area contributed by atoms with E-state index in [0.717, 1.165) is 6.26 Å². The minimum atomic E-state index is -3.22. The summed E-state index contributed by atoms with van der Waals surface area (Å²) >= 11 is 5.64. The molecular formula is C10H10ClNO3S. The highest BCUT2D eigenvalue weighted by Gasteiger charge is 2.29. The quantitative estimate of drug-likeness (QED) is 0.603. The van der Waals surface area contributed by atoms with E-state index in [2.05, 4.69) is 0 Å². The van der Waals surface area contributed by atoms with Gasteiger partial charge in [0.2, 0.25) is 0 Å². The summed E-state index contributed by atoms with van der Waals surface area (Å²) in [5, 5.41) is 12.5. The minimum Gasteiger partial charge on any atom is -0.622 e. The third-order valence-corrected chi connectivity index (χ3v) is 3.78. The molecular weight excluding hydrogens is 250 g/mol. The SMILES string of the molecule is CS(=O)(=O)c1ccc([N+]2([O-])C=C(Cl)C2)cc1. The Hall–Kier alpha value is -0.880. The zero-order valence-electron chi connectivity index (χ0n) is 8.55. The molecule has 0 fully saturated rings. The highest BCUT2D eigenvalue weighted by Crippen LogP contribution is 2.33. The first-order chi connectivity index (χ1) is 7.31. The molecule has 0 spiro atoms. The van der Waals surface area contributed by atoms with E-state index < -0.39 is 14.5 Å². The first-order valence-corrected chi connectivity index (χ1v) is 6.85. The molecule has 0 bridgehead atoms. The van der Waals surface area contributed by atoms with Gasteiger partial charge in [-0.25, -0.2) is 8.42 Å². The number of quaternary nitrogens is 1. The van der Waals surface area contributed by atoms with Gasteiger partial charge in [-0.1, -0.05) is 11.6 Å². The molecule has 6 heteroatoms. The van der Waals surface area contributed by atoms with Crippen LogP contribution >= 0.6 is 11.6 Å².